The van der Waals surface area contributed by atoms with Crippen LogP contribution in [0.5, 0.6) is 0 Å². The molecule has 1 amide bonds. The standard InChI is InChI=1S/C22H28N4O2.HI/c1-23-22(24-16-17-8-9-18-5-2-3-6-19(18)15-17)26-12-10-25(11-13-26)21(27)20-7-4-14-28-20;/h2-3,5-6,8-9,15,20H,4,7,10-14,16H2,1H3,(H,23,24);1H. The molecule has 0 spiro atoms. The second-order valence-corrected chi connectivity index (χ2v) is 7.40. The van der Waals surface area contributed by atoms with E-state index in [0.29, 0.717) is 6.61 Å². The van der Waals surface area contributed by atoms with E-state index in [0.717, 1.165) is 51.5 Å². The Balaban J connectivity index is 0.00000240. The summed E-state index contributed by atoms with van der Waals surface area (Å²) in [4.78, 5) is 21.1. The normalized spacial score (nSPS) is 19.9. The number of carbonyl (C=O) groups excluding carboxylic acids is 1. The maximum atomic E-state index is 12.5. The summed E-state index contributed by atoms with van der Waals surface area (Å²) in [6, 6.07) is 14.9. The number of amides is 1. The maximum absolute atomic E-state index is 12.5. The zero-order valence-electron chi connectivity index (χ0n) is 16.8. The van der Waals surface area contributed by atoms with Gasteiger partial charge in [0.15, 0.2) is 5.96 Å². The zero-order valence-corrected chi connectivity index (χ0v) is 19.2. The lowest BCUT2D eigenvalue weighted by Gasteiger charge is -2.37. The highest BCUT2D eigenvalue weighted by Gasteiger charge is 2.30. The third kappa shape index (κ3) is 5.19. The molecule has 2 heterocycles. The largest absolute Gasteiger partial charge is 0.368 e. The van der Waals surface area contributed by atoms with Gasteiger partial charge in [-0.25, -0.2) is 0 Å². The average molecular weight is 508 g/mol. The van der Waals surface area contributed by atoms with Gasteiger partial charge < -0.3 is 19.9 Å². The first kappa shape index (κ1) is 21.8. The van der Waals surface area contributed by atoms with Crippen LogP contribution >= 0.6 is 24.0 Å². The van der Waals surface area contributed by atoms with Crippen molar-refractivity contribution in [2.75, 3.05) is 39.8 Å². The van der Waals surface area contributed by atoms with E-state index >= 15 is 0 Å². The summed E-state index contributed by atoms with van der Waals surface area (Å²) in [6.45, 7) is 4.45. The molecule has 0 saturated carbocycles. The number of hydrogen-bond donors (Lipinski definition) is 1. The highest BCUT2D eigenvalue weighted by Crippen LogP contribution is 2.17. The average Bonchev–Trinajstić information content (AvgIpc) is 3.29. The van der Waals surface area contributed by atoms with Crippen molar-refractivity contribution in [1.29, 1.82) is 0 Å². The minimum absolute atomic E-state index is 0. The third-order valence-electron chi connectivity index (χ3n) is 5.57. The molecule has 1 N–H and O–H groups in total. The first-order chi connectivity index (χ1) is 13.7. The van der Waals surface area contributed by atoms with Crippen molar-refractivity contribution in [1.82, 2.24) is 15.1 Å². The van der Waals surface area contributed by atoms with Gasteiger partial charge in [0.25, 0.3) is 5.91 Å². The molecule has 0 aromatic heterocycles. The number of piperazine rings is 1. The van der Waals surface area contributed by atoms with E-state index in [4.69, 9.17) is 4.74 Å². The van der Waals surface area contributed by atoms with Crippen molar-refractivity contribution in [3.63, 3.8) is 0 Å². The van der Waals surface area contributed by atoms with Gasteiger partial charge in [0, 0.05) is 46.4 Å². The molecular formula is C22H29IN4O2. The number of guanidine groups is 1. The SMILES string of the molecule is CN=C(NCc1ccc2ccccc2c1)N1CCN(C(=O)C2CCCO2)CC1.I. The Morgan fingerprint density at radius 3 is 2.52 bits per heavy atom. The van der Waals surface area contributed by atoms with E-state index in [-0.39, 0.29) is 36.0 Å². The molecule has 2 aliphatic rings. The van der Waals surface area contributed by atoms with E-state index in [9.17, 15) is 4.79 Å². The molecule has 4 rings (SSSR count). The van der Waals surface area contributed by atoms with Crippen LogP contribution in [0, 0.1) is 0 Å². The van der Waals surface area contributed by atoms with Gasteiger partial charge in [-0.1, -0.05) is 36.4 Å². The number of carbonyl (C=O) groups is 1. The van der Waals surface area contributed by atoms with Gasteiger partial charge in [-0.15, -0.1) is 24.0 Å². The van der Waals surface area contributed by atoms with E-state index in [1.807, 2.05) is 11.9 Å². The Morgan fingerprint density at radius 2 is 1.83 bits per heavy atom. The van der Waals surface area contributed by atoms with Crippen molar-refractivity contribution >= 4 is 46.6 Å². The van der Waals surface area contributed by atoms with E-state index < -0.39 is 0 Å². The number of hydrogen-bond acceptors (Lipinski definition) is 3. The summed E-state index contributed by atoms with van der Waals surface area (Å²) in [5.74, 6) is 1.04. The van der Waals surface area contributed by atoms with Gasteiger partial charge in [0.05, 0.1) is 0 Å². The fourth-order valence-corrected chi connectivity index (χ4v) is 3.98. The molecule has 7 heteroatoms. The summed E-state index contributed by atoms with van der Waals surface area (Å²) in [5, 5.41) is 5.97. The number of fused-ring (bicyclic) bond motifs is 1. The fourth-order valence-electron chi connectivity index (χ4n) is 3.98. The predicted octanol–water partition coefficient (Wildman–Crippen LogP) is 2.86. The molecule has 2 aromatic carbocycles. The van der Waals surface area contributed by atoms with Gasteiger partial charge in [-0.2, -0.15) is 0 Å². The van der Waals surface area contributed by atoms with Crippen LogP contribution in [0.25, 0.3) is 10.8 Å². The molecule has 0 radical (unpaired) electrons. The molecule has 1 unspecified atom stereocenters. The van der Waals surface area contributed by atoms with Crippen LogP contribution in [0.3, 0.4) is 0 Å². The Morgan fingerprint density at radius 1 is 1.10 bits per heavy atom. The van der Waals surface area contributed by atoms with Gasteiger partial charge >= 0.3 is 0 Å². The highest BCUT2D eigenvalue weighted by atomic mass is 127. The summed E-state index contributed by atoms with van der Waals surface area (Å²) in [6.07, 6.45) is 1.62. The van der Waals surface area contributed by atoms with Crippen molar-refractivity contribution in [3.05, 3.63) is 48.0 Å². The summed E-state index contributed by atoms with van der Waals surface area (Å²) < 4.78 is 5.54. The van der Waals surface area contributed by atoms with Crippen molar-refractivity contribution in [2.24, 2.45) is 4.99 Å². The molecule has 6 nitrogen and oxygen atoms in total. The lowest BCUT2D eigenvalue weighted by Crippen LogP contribution is -2.55. The number of ether oxygens (including phenoxy) is 1. The van der Waals surface area contributed by atoms with Crippen LogP contribution in [0.15, 0.2) is 47.5 Å². The number of aliphatic imine (C=N–C) groups is 1. The molecule has 156 valence electrons. The Hall–Kier alpha value is -1.87. The molecular weight excluding hydrogens is 479 g/mol. The van der Waals surface area contributed by atoms with Crippen LogP contribution in [0.4, 0.5) is 0 Å². The van der Waals surface area contributed by atoms with E-state index in [1.165, 1.54) is 16.3 Å². The summed E-state index contributed by atoms with van der Waals surface area (Å²) in [7, 11) is 1.81. The quantitative estimate of drug-likeness (QED) is 0.394. The van der Waals surface area contributed by atoms with Crippen LogP contribution in [0.1, 0.15) is 18.4 Å². The van der Waals surface area contributed by atoms with Gasteiger partial charge in [-0.3, -0.25) is 9.79 Å². The van der Waals surface area contributed by atoms with E-state index in [2.05, 4.69) is 57.7 Å². The summed E-state index contributed by atoms with van der Waals surface area (Å²) >= 11 is 0. The first-order valence-electron chi connectivity index (χ1n) is 10.1. The van der Waals surface area contributed by atoms with Crippen LogP contribution in [-0.4, -0.2) is 67.6 Å². The van der Waals surface area contributed by atoms with Crippen LogP contribution < -0.4 is 5.32 Å². The number of rotatable bonds is 3. The Bertz CT molecular complexity index is 859. The second kappa shape index (κ2) is 10.2. The number of benzene rings is 2. The van der Waals surface area contributed by atoms with E-state index in [1.54, 1.807) is 0 Å². The van der Waals surface area contributed by atoms with Crippen molar-refractivity contribution < 1.29 is 9.53 Å². The molecule has 1 atom stereocenters. The topological polar surface area (TPSA) is 57.2 Å². The third-order valence-corrected chi connectivity index (χ3v) is 5.57. The van der Waals surface area contributed by atoms with Gasteiger partial charge in [0.1, 0.15) is 6.10 Å². The number of nitrogens with one attached hydrogen (secondary N) is 1. The smallest absolute Gasteiger partial charge is 0.251 e. The molecule has 2 aliphatic heterocycles. The zero-order chi connectivity index (χ0) is 19.3. The summed E-state index contributed by atoms with van der Waals surface area (Å²) in [5.41, 5.74) is 1.23. The molecule has 2 saturated heterocycles. The predicted molar refractivity (Wildman–Crippen MR) is 127 cm³/mol. The lowest BCUT2D eigenvalue weighted by molar-refractivity contribution is -0.142. The molecule has 2 aromatic rings. The van der Waals surface area contributed by atoms with Crippen molar-refractivity contribution in [3.8, 4) is 0 Å². The first-order valence-corrected chi connectivity index (χ1v) is 10.1. The maximum Gasteiger partial charge on any atom is 0.251 e. The van der Waals surface area contributed by atoms with Gasteiger partial charge in [-0.05, 0) is 35.2 Å². The molecule has 29 heavy (non-hydrogen) atoms. The highest BCUT2D eigenvalue weighted by molar-refractivity contribution is 14.0. The Kier molecular flexibility index (Phi) is 7.71. The van der Waals surface area contributed by atoms with Crippen LogP contribution in [0.2, 0.25) is 0 Å². The molecule has 2 fully saturated rings. The Labute approximate surface area is 189 Å². The number of halogens is 1. The minimum Gasteiger partial charge on any atom is -0.368 e. The lowest BCUT2D eigenvalue weighted by atomic mass is 10.1. The monoisotopic (exact) mass is 508 g/mol. The van der Waals surface area contributed by atoms with Gasteiger partial charge in [0.2, 0.25) is 0 Å². The van der Waals surface area contributed by atoms with Crippen molar-refractivity contribution in [2.45, 2.75) is 25.5 Å². The second-order valence-electron chi connectivity index (χ2n) is 7.40. The number of nitrogens with zero attached hydrogens (tertiary/aromatic N) is 3. The molecule has 0 aliphatic carbocycles. The molecule has 0 bridgehead atoms. The fraction of sp³-hybridized carbons (Fsp3) is 0.455. The van der Waals surface area contributed by atoms with Crippen LogP contribution in [-0.2, 0) is 16.1 Å². The minimum atomic E-state index is -0.225.